The Morgan fingerprint density at radius 3 is 2.51 bits per heavy atom. The van der Waals surface area contributed by atoms with Crippen molar-refractivity contribution >= 4 is 22.7 Å². The van der Waals surface area contributed by atoms with Gasteiger partial charge < -0.3 is 24.1 Å². The van der Waals surface area contributed by atoms with Gasteiger partial charge in [0.05, 0.1) is 25.2 Å². The maximum absolute atomic E-state index is 14.7. The molecular formula is C29H31FO7. The zero-order valence-corrected chi connectivity index (χ0v) is 21.0. The number of fused-ring (bicyclic) bond motifs is 1. The number of hydrogen-bond acceptors (Lipinski definition) is 7. The summed E-state index contributed by atoms with van der Waals surface area (Å²) in [7, 11) is 1.21. The van der Waals surface area contributed by atoms with Crippen LogP contribution in [0.3, 0.4) is 0 Å². The van der Waals surface area contributed by atoms with E-state index >= 15 is 0 Å². The first-order valence-electron chi connectivity index (χ1n) is 12.3. The smallest absolute Gasteiger partial charge is 0.341 e. The van der Waals surface area contributed by atoms with Crippen molar-refractivity contribution in [3.05, 3.63) is 71.5 Å². The van der Waals surface area contributed by atoms with Gasteiger partial charge in [0.15, 0.2) is 11.6 Å². The van der Waals surface area contributed by atoms with Crippen molar-refractivity contribution in [2.24, 2.45) is 5.41 Å². The van der Waals surface area contributed by atoms with Crippen LogP contribution in [0.5, 0.6) is 11.5 Å². The first kappa shape index (κ1) is 26.4. The van der Waals surface area contributed by atoms with E-state index in [0.717, 1.165) is 22.4 Å². The molecule has 0 bridgehead atoms. The third-order valence-electron chi connectivity index (χ3n) is 6.85. The number of aliphatic hydroxyl groups excluding tert-OH is 1. The van der Waals surface area contributed by atoms with Crippen molar-refractivity contribution in [1.29, 1.82) is 0 Å². The summed E-state index contributed by atoms with van der Waals surface area (Å²) in [5, 5.41) is 11.1. The molecule has 1 saturated carbocycles. The largest absolute Gasteiger partial charge is 0.490 e. The quantitative estimate of drug-likeness (QED) is 0.395. The lowest BCUT2D eigenvalue weighted by Crippen LogP contribution is -2.37. The summed E-state index contributed by atoms with van der Waals surface area (Å²) >= 11 is 0. The molecule has 0 unspecified atom stereocenters. The molecule has 0 heterocycles. The Balaban J connectivity index is 1.38. The lowest BCUT2D eigenvalue weighted by Gasteiger charge is -2.35. The van der Waals surface area contributed by atoms with Crippen LogP contribution in [-0.4, -0.2) is 43.5 Å². The van der Waals surface area contributed by atoms with E-state index < -0.39 is 17.2 Å². The van der Waals surface area contributed by atoms with Gasteiger partial charge in [-0.1, -0.05) is 42.5 Å². The number of benzene rings is 3. The predicted octanol–water partition coefficient (Wildman–Crippen LogP) is 5.21. The summed E-state index contributed by atoms with van der Waals surface area (Å²) in [6.07, 6.45) is 1.76. The Bertz CT molecular complexity index is 1260. The van der Waals surface area contributed by atoms with Gasteiger partial charge in [0.1, 0.15) is 24.5 Å². The molecule has 3 aromatic rings. The summed E-state index contributed by atoms with van der Waals surface area (Å²) in [5.74, 6) is -1.78. The number of ether oxygens (including phenoxy) is 4. The molecule has 0 aromatic heterocycles. The van der Waals surface area contributed by atoms with Gasteiger partial charge in [-0.25, -0.2) is 9.18 Å². The molecule has 1 aliphatic carbocycles. The minimum Gasteiger partial charge on any atom is -0.490 e. The fourth-order valence-corrected chi connectivity index (χ4v) is 4.64. The van der Waals surface area contributed by atoms with E-state index in [1.807, 2.05) is 49.4 Å². The molecule has 4 rings (SSSR count). The normalized spacial score (nSPS) is 19.3. The third kappa shape index (κ3) is 6.02. The minimum atomic E-state index is -0.706. The molecule has 3 aromatic carbocycles. The molecule has 7 nitrogen and oxygen atoms in total. The summed E-state index contributed by atoms with van der Waals surface area (Å²) in [6.45, 7) is 1.70. The molecule has 37 heavy (non-hydrogen) atoms. The average molecular weight is 511 g/mol. The summed E-state index contributed by atoms with van der Waals surface area (Å²) < 4.78 is 36.4. The zero-order valence-electron chi connectivity index (χ0n) is 21.0. The summed E-state index contributed by atoms with van der Waals surface area (Å²) in [5.41, 5.74) is 0.294. The molecule has 8 heteroatoms. The van der Waals surface area contributed by atoms with Crippen LogP contribution in [0.4, 0.5) is 4.39 Å². The second-order valence-corrected chi connectivity index (χ2v) is 9.43. The number of halogens is 1. The van der Waals surface area contributed by atoms with Gasteiger partial charge in [0.25, 0.3) is 0 Å². The van der Waals surface area contributed by atoms with Crippen LogP contribution in [0.25, 0.3) is 10.8 Å². The number of methoxy groups -OCH3 is 1. The van der Waals surface area contributed by atoms with Gasteiger partial charge in [0, 0.05) is 12.1 Å². The molecule has 0 amide bonds. The van der Waals surface area contributed by atoms with E-state index in [4.69, 9.17) is 24.1 Å². The molecule has 0 aliphatic heterocycles. The van der Waals surface area contributed by atoms with Gasteiger partial charge in [-0.05, 0) is 48.9 Å². The lowest BCUT2D eigenvalue weighted by molar-refractivity contribution is -0.159. The Morgan fingerprint density at radius 1 is 1.05 bits per heavy atom. The predicted molar refractivity (Wildman–Crippen MR) is 135 cm³/mol. The topological polar surface area (TPSA) is 91.3 Å². The van der Waals surface area contributed by atoms with Crippen molar-refractivity contribution in [1.82, 2.24) is 0 Å². The van der Waals surface area contributed by atoms with Crippen LogP contribution < -0.4 is 9.47 Å². The molecular weight excluding hydrogens is 479 g/mol. The lowest BCUT2D eigenvalue weighted by atomic mass is 9.74. The first-order valence-corrected chi connectivity index (χ1v) is 12.3. The molecule has 1 N–H and O–H groups in total. The third-order valence-corrected chi connectivity index (χ3v) is 6.85. The highest BCUT2D eigenvalue weighted by Gasteiger charge is 2.40. The van der Waals surface area contributed by atoms with Gasteiger partial charge in [-0.3, -0.25) is 4.79 Å². The van der Waals surface area contributed by atoms with Crippen LogP contribution in [0.1, 0.15) is 48.5 Å². The van der Waals surface area contributed by atoms with Crippen LogP contribution >= 0.6 is 0 Å². The number of rotatable bonds is 9. The van der Waals surface area contributed by atoms with Crippen molar-refractivity contribution in [2.45, 2.75) is 45.3 Å². The molecule has 0 atom stereocenters. The van der Waals surface area contributed by atoms with E-state index in [-0.39, 0.29) is 49.0 Å². The SMILES string of the molecule is COC(=O)c1cc(OC2CCC(C)(C(=O)OCc3cccc4ccccc34)CC2)c(F)cc1OCCO. The number of carbonyl (C=O) groups is 2. The minimum absolute atomic E-state index is 0.00464. The standard InChI is InChI=1S/C29H31FO7/c1-29(28(33)36-18-20-8-5-7-19-6-3-4-9-22(19)20)12-10-21(11-13-29)37-26-16-23(27(32)34-2)25(17-24(26)30)35-15-14-31/h3-9,16-17,21,31H,10-15,18H2,1-2H3. The van der Waals surface area contributed by atoms with Crippen LogP contribution in [0.15, 0.2) is 54.6 Å². The molecule has 0 radical (unpaired) electrons. The number of aliphatic hydroxyl groups is 1. The molecule has 0 spiro atoms. The van der Waals surface area contributed by atoms with Gasteiger partial charge in [-0.15, -0.1) is 0 Å². The molecule has 1 fully saturated rings. The van der Waals surface area contributed by atoms with Crippen LogP contribution in [-0.2, 0) is 20.9 Å². The van der Waals surface area contributed by atoms with E-state index in [1.54, 1.807) is 0 Å². The van der Waals surface area contributed by atoms with Gasteiger partial charge in [0.2, 0.25) is 0 Å². The second kappa shape index (κ2) is 11.6. The highest BCUT2D eigenvalue weighted by molar-refractivity contribution is 5.93. The average Bonchev–Trinajstić information content (AvgIpc) is 2.92. The van der Waals surface area contributed by atoms with E-state index in [1.165, 1.54) is 13.2 Å². The van der Waals surface area contributed by atoms with E-state index in [0.29, 0.717) is 25.7 Å². The number of hydrogen-bond donors (Lipinski definition) is 1. The monoisotopic (exact) mass is 510 g/mol. The molecule has 1 aliphatic rings. The van der Waals surface area contributed by atoms with Crippen LogP contribution in [0, 0.1) is 11.2 Å². The van der Waals surface area contributed by atoms with Crippen LogP contribution in [0.2, 0.25) is 0 Å². The maximum Gasteiger partial charge on any atom is 0.341 e. The summed E-state index contributed by atoms with van der Waals surface area (Å²) in [4.78, 5) is 25.2. The van der Waals surface area contributed by atoms with Gasteiger partial charge in [-0.2, -0.15) is 0 Å². The second-order valence-electron chi connectivity index (χ2n) is 9.43. The molecule has 0 saturated heterocycles. The number of carbonyl (C=O) groups excluding carboxylic acids is 2. The van der Waals surface area contributed by atoms with Crippen molar-refractivity contribution in [3.8, 4) is 11.5 Å². The Labute approximate surface area is 215 Å². The van der Waals surface area contributed by atoms with E-state index in [9.17, 15) is 14.0 Å². The highest BCUT2D eigenvalue weighted by Crippen LogP contribution is 2.40. The Hall–Kier alpha value is -3.65. The fourth-order valence-electron chi connectivity index (χ4n) is 4.64. The highest BCUT2D eigenvalue weighted by atomic mass is 19.1. The van der Waals surface area contributed by atoms with Crippen molar-refractivity contribution in [3.63, 3.8) is 0 Å². The summed E-state index contributed by atoms with van der Waals surface area (Å²) in [6, 6.07) is 16.2. The molecule has 196 valence electrons. The number of esters is 2. The fraction of sp³-hybridized carbons (Fsp3) is 0.379. The van der Waals surface area contributed by atoms with Crippen molar-refractivity contribution in [2.75, 3.05) is 20.3 Å². The van der Waals surface area contributed by atoms with E-state index in [2.05, 4.69) is 0 Å². The zero-order chi connectivity index (χ0) is 26.4. The first-order chi connectivity index (χ1) is 17.8. The Morgan fingerprint density at radius 2 is 1.78 bits per heavy atom. The van der Waals surface area contributed by atoms with Crippen molar-refractivity contribution < 1.29 is 38.0 Å². The maximum atomic E-state index is 14.7. The Kier molecular flexibility index (Phi) is 8.28. The van der Waals surface area contributed by atoms with Gasteiger partial charge >= 0.3 is 11.9 Å².